The molecule has 1 N–H and O–H groups in total. The van der Waals surface area contributed by atoms with Gasteiger partial charge >= 0.3 is 11.9 Å². The fourth-order valence-electron chi connectivity index (χ4n) is 10.1. The minimum Gasteiger partial charge on any atom is -0.462 e. The van der Waals surface area contributed by atoms with Crippen LogP contribution in [-0.2, 0) is 19.1 Å². The lowest BCUT2D eigenvalue weighted by molar-refractivity contribution is -0.161. The Bertz CT molecular complexity index is 1700. The van der Waals surface area contributed by atoms with E-state index in [0.29, 0.717) is 12.8 Å². The van der Waals surface area contributed by atoms with Gasteiger partial charge in [0, 0.05) is 12.8 Å². The number of hydrogen-bond acceptors (Lipinski definition) is 5. The third-order valence-electron chi connectivity index (χ3n) is 15.4. The predicted octanol–water partition coefficient (Wildman–Crippen LogP) is 25.1. The third-order valence-corrected chi connectivity index (χ3v) is 15.4. The van der Waals surface area contributed by atoms with Crippen molar-refractivity contribution in [3.8, 4) is 0 Å². The van der Waals surface area contributed by atoms with Crippen LogP contribution in [0.15, 0.2) is 134 Å². The monoisotopic (exact) mass is 1160 g/mol. The molecule has 5 heteroatoms. The molecule has 0 saturated carbocycles. The van der Waals surface area contributed by atoms with Crippen LogP contribution in [0.2, 0.25) is 0 Å². The molecule has 0 amide bonds. The van der Waals surface area contributed by atoms with E-state index in [9.17, 15) is 14.7 Å². The van der Waals surface area contributed by atoms with Crippen LogP contribution in [0.3, 0.4) is 0 Å². The molecule has 0 fully saturated rings. The first-order valence-corrected chi connectivity index (χ1v) is 35.7. The molecule has 1 unspecified atom stereocenters. The summed E-state index contributed by atoms with van der Waals surface area (Å²) in [7, 11) is 0. The zero-order chi connectivity index (χ0) is 60.5. The van der Waals surface area contributed by atoms with E-state index in [4.69, 9.17) is 9.47 Å². The van der Waals surface area contributed by atoms with Gasteiger partial charge < -0.3 is 14.6 Å². The SMILES string of the molecule is CC/C=C\C/C=C\C/C=C\C/C=C\C/C=C\C/C=C\C/C=C\C/C=C\C/C=C\CCCCCC(=O)OC(CO)COC(=O)CCCCCCCCCCCCCCCCCCCCCCCCCCCCC/C=C\C/C=C\CCCCCCC. The van der Waals surface area contributed by atoms with Crippen molar-refractivity contribution in [1.29, 1.82) is 0 Å². The van der Waals surface area contributed by atoms with Crippen molar-refractivity contribution in [1.82, 2.24) is 0 Å². The van der Waals surface area contributed by atoms with Crippen molar-refractivity contribution >= 4 is 11.9 Å². The Morgan fingerprint density at radius 1 is 0.286 bits per heavy atom. The van der Waals surface area contributed by atoms with Crippen molar-refractivity contribution in [3.63, 3.8) is 0 Å². The number of allylic oxidation sites excluding steroid dienone is 22. The first-order chi connectivity index (χ1) is 41.6. The van der Waals surface area contributed by atoms with Crippen molar-refractivity contribution in [2.45, 2.75) is 341 Å². The van der Waals surface area contributed by atoms with Crippen LogP contribution in [0, 0.1) is 0 Å². The number of carbonyl (C=O) groups is 2. The lowest BCUT2D eigenvalue weighted by Crippen LogP contribution is -2.28. The highest BCUT2D eigenvalue weighted by Crippen LogP contribution is 2.18. The van der Waals surface area contributed by atoms with Crippen molar-refractivity contribution < 1.29 is 24.2 Å². The molecule has 0 radical (unpaired) electrons. The van der Waals surface area contributed by atoms with Gasteiger partial charge in [0.2, 0.25) is 0 Å². The largest absolute Gasteiger partial charge is 0.462 e. The number of ether oxygens (including phenoxy) is 2. The quantitative estimate of drug-likeness (QED) is 0.0373. The molecule has 84 heavy (non-hydrogen) atoms. The minimum absolute atomic E-state index is 0.0843. The summed E-state index contributed by atoms with van der Waals surface area (Å²) in [5.74, 6) is -0.625. The maximum absolute atomic E-state index is 12.3. The second-order valence-corrected chi connectivity index (χ2v) is 23.6. The highest BCUT2D eigenvalue weighted by Gasteiger charge is 2.16. The summed E-state index contributed by atoms with van der Waals surface area (Å²) in [5.41, 5.74) is 0. The molecule has 0 aromatic heterocycles. The summed E-state index contributed by atoms with van der Waals surface area (Å²) in [4.78, 5) is 24.6. The summed E-state index contributed by atoms with van der Waals surface area (Å²) in [6.45, 7) is 4.01. The molecule has 1 atom stereocenters. The fourth-order valence-corrected chi connectivity index (χ4v) is 10.1. The van der Waals surface area contributed by atoms with Gasteiger partial charge in [-0.3, -0.25) is 9.59 Å². The maximum Gasteiger partial charge on any atom is 0.306 e. The highest BCUT2D eigenvalue weighted by atomic mass is 16.6. The second-order valence-electron chi connectivity index (χ2n) is 23.6. The van der Waals surface area contributed by atoms with Crippen LogP contribution < -0.4 is 0 Å². The lowest BCUT2D eigenvalue weighted by atomic mass is 10.0. The van der Waals surface area contributed by atoms with Gasteiger partial charge in [-0.2, -0.15) is 0 Å². The minimum atomic E-state index is -0.800. The van der Waals surface area contributed by atoms with Gasteiger partial charge in [0.05, 0.1) is 6.61 Å². The molecule has 0 rings (SSSR count). The van der Waals surface area contributed by atoms with E-state index in [0.717, 1.165) is 109 Å². The number of aliphatic hydroxyl groups excluding tert-OH is 1. The Labute approximate surface area is 521 Å². The summed E-state index contributed by atoms with van der Waals surface area (Å²) in [6, 6.07) is 0. The van der Waals surface area contributed by atoms with Crippen LogP contribution >= 0.6 is 0 Å². The van der Waals surface area contributed by atoms with Crippen LogP contribution in [0.25, 0.3) is 0 Å². The van der Waals surface area contributed by atoms with E-state index in [-0.39, 0.29) is 25.2 Å². The predicted molar refractivity (Wildman–Crippen MR) is 371 cm³/mol. The topological polar surface area (TPSA) is 72.8 Å². The van der Waals surface area contributed by atoms with Gasteiger partial charge in [0.15, 0.2) is 6.10 Å². The molecule has 0 aliphatic rings. The Morgan fingerprint density at radius 2 is 0.512 bits per heavy atom. The molecule has 5 nitrogen and oxygen atoms in total. The molecule has 0 aromatic carbocycles. The van der Waals surface area contributed by atoms with Crippen molar-refractivity contribution in [2.24, 2.45) is 0 Å². The Balaban J connectivity index is 3.50. The van der Waals surface area contributed by atoms with Gasteiger partial charge in [-0.05, 0) is 116 Å². The van der Waals surface area contributed by atoms with E-state index in [1.807, 2.05) is 0 Å². The number of unbranched alkanes of at least 4 members (excludes halogenated alkanes) is 35. The Kier molecular flexibility index (Phi) is 69.8. The number of esters is 2. The zero-order valence-corrected chi connectivity index (χ0v) is 55.1. The van der Waals surface area contributed by atoms with Crippen LogP contribution in [-0.4, -0.2) is 36.4 Å². The second kappa shape index (κ2) is 73.3. The first-order valence-electron chi connectivity index (χ1n) is 35.7. The fraction of sp³-hybridized carbons (Fsp3) is 0.696. The van der Waals surface area contributed by atoms with Gasteiger partial charge in [0.1, 0.15) is 6.61 Å². The highest BCUT2D eigenvalue weighted by molar-refractivity contribution is 5.70. The summed E-state index contributed by atoms with van der Waals surface area (Å²) in [6.07, 6.45) is 109. The molecule has 0 spiro atoms. The van der Waals surface area contributed by atoms with Gasteiger partial charge in [0.25, 0.3) is 0 Å². The zero-order valence-electron chi connectivity index (χ0n) is 55.1. The number of aliphatic hydroxyl groups is 1. The van der Waals surface area contributed by atoms with Gasteiger partial charge in [-0.15, -0.1) is 0 Å². The van der Waals surface area contributed by atoms with E-state index in [1.54, 1.807) is 0 Å². The molecule has 0 bridgehead atoms. The van der Waals surface area contributed by atoms with Crippen molar-refractivity contribution in [3.05, 3.63) is 134 Å². The number of carbonyl (C=O) groups excluding carboxylic acids is 2. The summed E-state index contributed by atoms with van der Waals surface area (Å²) in [5, 5.41) is 9.70. The van der Waals surface area contributed by atoms with Crippen molar-refractivity contribution in [2.75, 3.05) is 13.2 Å². The molecule has 0 aliphatic carbocycles. The Hall–Kier alpha value is -3.96. The van der Waals surface area contributed by atoms with E-state index < -0.39 is 6.10 Å². The van der Waals surface area contributed by atoms with Gasteiger partial charge in [-0.25, -0.2) is 0 Å². The molecule has 0 saturated heterocycles. The molecule has 0 heterocycles. The van der Waals surface area contributed by atoms with E-state index in [2.05, 4.69) is 148 Å². The standard InChI is InChI=1S/C79H134O5/c1-3-5-7-9-11-13-15-17-19-21-23-25-27-29-31-33-35-36-37-38-39-40-41-42-44-45-47-49-51-53-55-57-59-61-63-65-67-69-71-73-78(81)83-76-77(75-80)84-79(82)74-72-70-68-66-64-62-60-58-56-54-52-50-48-46-43-34-32-30-28-26-24-22-20-18-16-14-12-10-8-6-4-2/h6,8,12,14-15,17-18,20-21,23-24,26,30,32,43,46,50,52,56,58,62,64,77,80H,3-5,7,9-11,13,16,19,22,25,27-29,31,33-42,44-45,47-49,51,53-55,57,59-61,63,65-76H2,1-2H3/b8-6-,14-12-,17-15-,20-18-,23-21-,26-24-,32-30-,46-43-,52-50-,58-56-,64-62-. The lowest BCUT2D eigenvalue weighted by Gasteiger charge is -2.15. The molecular weight excluding hydrogens is 1030 g/mol. The molecular formula is C79H134O5. The summed E-state index contributed by atoms with van der Waals surface area (Å²) >= 11 is 0. The molecule has 0 aliphatic heterocycles. The normalized spacial score (nSPS) is 13.0. The van der Waals surface area contributed by atoms with Crippen LogP contribution in [0.5, 0.6) is 0 Å². The Morgan fingerprint density at radius 3 is 0.786 bits per heavy atom. The first kappa shape index (κ1) is 80.0. The number of rotatable bonds is 65. The van der Waals surface area contributed by atoms with Crippen LogP contribution in [0.1, 0.15) is 335 Å². The summed E-state index contributed by atoms with van der Waals surface area (Å²) < 4.78 is 10.7. The van der Waals surface area contributed by atoms with Gasteiger partial charge in [-0.1, -0.05) is 340 Å². The molecule has 480 valence electrons. The maximum atomic E-state index is 12.3. The third kappa shape index (κ3) is 70.5. The average molecular weight is 1160 g/mol. The van der Waals surface area contributed by atoms with E-state index in [1.165, 1.54) is 199 Å². The number of hydrogen-bond donors (Lipinski definition) is 1. The average Bonchev–Trinajstić information content (AvgIpc) is 3.51. The van der Waals surface area contributed by atoms with E-state index >= 15 is 0 Å². The molecule has 0 aromatic rings. The van der Waals surface area contributed by atoms with Crippen LogP contribution in [0.4, 0.5) is 0 Å². The smallest absolute Gasteiger partial charge is 0.306 e.